The number of benzene rings is 1. The number of aryl methyl sites for hydroxylation is 2. The molecule has 5 nitrogen and oxygen atoms in total. The van der Waals surface area contributed by atoms with Gasteiger partial charge in [-0.2, -0.15) is 0 Å². The molecular formula is C18H20N4OS. The first-order valence-corrected chi connectivity index (χ1v) is 8.82. The van der Waals surface area contributed by atoms with Crippen LogP contribution in [0.15, 0.2) is 48.4 Å². The maximum Gasteiger partial charge on any atom is 0.226 e. The molecule has 3 rings (SSSR count). The summed E-state index contributed by atoms with van der Waals surface area (Å²) in [5.41, 5.74) is 3.13. The number of imidazole rings is 1. The number of carbonyl (C=O) groups excluding carboxylic acids is 1. The van der Waals surface area contributed by atoms with Crippen molar-refractivity contribution in [3.63, 3.8) is 0 Å². The van der Waals surface area contributed by atoms with Gasteiger partial charge in [0, 0.05) is 36.4 Å². The van der Waals surface area contributed by atoms with E-state index in [0.29, 0.717) is 13.0 Å². The van der Waals surface area contributed by atoms with Crippen LogP contribution in [-0.4, -0.2) is 27.0 Å². The lowest BCUT2D eigenvalue weighted by Gasteiger charge is -2.04. The Balaban J connectivity index is 1.46. The Morgan fingerprint density at radius 1 is 1.38 bits per heavy atom. The summed E-state index contributed by atoms with van der Waals surface area (Å²) in [6.45, 7) is 3.58. The largest absolute Gasteiger partial charge is 0.356 e. The molecule has 0 aliphatic heterocycles. The minimum Gasteiger partial charge on any atom is -0.356 e. The number of hydrogen-bond donors (Lipinski definition) is 1. The van der Waals surface area contributed by atoms with Crippen LogP contribution in [0.25, 0.3) is 10.6 Å². The third kappa shape index (κ3) is 4.52. The second kappa shape index (κ2) is 7.88. The molecule has 124 valence electrons. The van der Waals surface area contributed by atoms with Gasteiger partial charge in [-0.1, -0.05) is 23.8 Å². The zero-order valence-electron chi connectivity index (χ0n) is 13.6. The van der Waals surface area contributed by atoms with Gasteiger partial charge in [-0.05, 0) is 19.4 Å². The van der Waals surface area contributed by atoms with E-state index in [-0.39, 0.29) is 5.91 Å². The lowest BCUT2D eigenvalue weighted by Crippen LogP contribution is -2.26. The van der Waals surface area contributed by atoms with Crippen LogP contribution in [0.2, 0.25) is 0 Å². The molecule has 1 N–H and O–H groups in total. The molecule has 2 aromatic heterocycles. The summed E-state index contributed by atoms with van der Waals surface area (Å²) in [7, 11) is 0. The highest BCUT2D eigenvalue weighted by atomic mass is 32.1. The fourth-order valence-electron chi connectivity index (χ4n) is 2.43. The van der Waals surface area contributed by atoms with Crippen LogP contribution >= 0.6 is 11.3 Å². The van der Waals surface area contributed by atoms with Crippen LogP contribution in [0.5, 0.6) is 0 Å². The highest BCUT2D eigenvalue weighted by Crippen LogP contribution is 2.24. The molecule has 0 unspecified atom stereocenters. The smallest absolute Gasteiger partial charge is 0.226 e. The quantitative estimate of drug-likeness (QED) is 0.673. The Kier molecular flexibility index (Phi) is 5.38. The van der Waals surface area contributed by atoms with Crippen molar-refractivity contribution in [3.05, 3.63) is 59.6 Å². The van der Waals surface area contributed by atoms with Crippen molar-refractivity contribution in [2.45, 2.75) is 26.3 Å². The topological polar surface area (TPSA) is 59.8 Å². The van der Waals surface area contributed by atoms with Crippen molar-refractivity contribution in [1.29, 1.82) is 0 Å². The number of carbonyl (C=O) groups is 1. The molecule has 1 aromatic carbocycles. The molecule has 6 heteroatoms. The average Bonchev–Trinajstić information content (AvgIpc) is 3.23. The van der Waals surface area contributed by atoms with E-state index < -0.39 is 0 Å². The van der Waals surface area contributed by atoms with E-state index in [0.717, 1.165) is 29.2 Å². The van der Waals surface area contributed by atoms with E-state index in [1.807, 2.05) is 28.3 Å². The van der Waals surface area contributed by atoms with E-state index in [9.17, 15) is 4.79 Å². The summed E-state index contributed by atoms with van der Waals surface area (Å²) in [5, 5.41) is 5.86. The molecule has 0 aliphatic rings. The first-order chi connectivity index (χ1) is 11.7. The molecular weight excluding hydrogens is 320 g/mol. The lowest BCUT2D eigenvalue weighted by molar-refractivity contribution is -0.120. The van der Waals surface area contributed by atoms with Gasteiger partial charge in [-0.15, -0.1) is 11.3 Å². The number of hydrogen-bond acceptors (Lipinski definition) is 4. The molecule has 0 fully saturated rings. The first kappa shape index (κ1) is 16.4. The third-order valence-corrected chi connectivity index (χ3v) is 4.57. The van der Waals surface area contributed by atoms with Crippen molar-refractivity contribution in [2.24, 2.45) is 0 Å². The molecule has 0 spiro atoms. The van der Waals surface area contributed by atoms with Crippen molar-refractivity contribution in [3.8, 4) is 10.6 Å². The second-order valence-electron chi connectivity index (χ2n) is 5.69. The zero-order valence-corrected chi connectivity index (χ0v) is 14.4. The standard InChI is InChI=1S/C18H20N4OS/c1-14-4-2-5-15(10-14)18-21-16(12-24-18)11-17(23)20-6-3-8-22-9-7-19-13-22/h2,4-5,7,9-10,12-13H,3,6,8,11H2,1H3,(H,20,23). The van der Waals surface area contributed by atoms with E-state index >= 15 is 0 Å². The predicted octanol–water partition coefficient (Wildman–Crippen LogP) is 3.06. The first-order valence-electron chi connectivity index (χ1n) is 7.94. The lowest BCUT2D eigenvalue weighted by atomic mass is 10.1. The number of nitrogens with zero attached hydrogens (tertiary/aromatic N) is 3. The molecule has 0 aliphatic carbocycles. The van der Waals surface area contributed by atoms with Crippen molar-refractivity contribution in [1.82, 2.24) is 19.9 Å². The second-order valence-corrected chi connectivity index (χ2v) is 6.55. The summed E-state index contributed by atoms with van der Waals surface area (Å²) in [6.07, 6.45) is 6.67. The Bertz CT molecular complexity index is 795. The Hall–Kier alpha value is -2.47. The van der Waals surface area contributed by atoms with E-state index in [4.69, 9.17) is 0 Å². The van der Waals surface area contributed by atoms with Crippen molar-refractivity contribution in [2.75, 3.05) is 6.54 Å². The van der Waals surface area contributed by atoms with Crippen LogP contribution in [0.1, 0.15) is 17.7 Å². The maximum absolute atomic E-state index is 12.0. The van der Waals surface area contributed by atoms with Gasteiger partial charge in [0.05, 0.1) is 18.4 Å². The van der Waals surface area contributed by atoms with Gasteiger partial charge in [0.1, 0.15) is 5.01 Å². The Labute approximate surface area is 145 Å². The number of nitrogens with one attached hydrogen (secondary N) is 1. The minimum absolute atomic E-state index is 0.0155. The molecule has 0 radical (unpaired) electrons. The van der Waals surface area contributed by atoms with Gasteiger partial charge < -0.3 is 9.88 Å². The molecule has 2 heterocycles. The molecule has 24 heavy (non-hydrogen) atoms. The SMILES string of the molecule is Cc1cccc(-c2nc(CC(=O)NCCCn3ccnc3)cs2)c1. The van der Waals surface area contributed by atoms with Crippen LogP contribution in [0.3, 0.4) is 0 Å². The third-order valence-electron chi connectivity index (χ3n) is 3.63. The normalized spacial score (nSPS) is 10.7. The highest BCUT2D eigenvalue weighted by molar-refractivity contribution is 7.13. The predicted molar refractivity (Wildman–Crippen MR) is 95.8 cm³/mol. The van der Waals surface area contributed by atoms with Crippen LogP contribution in [0.4, 0.5) is 0 Å². The molecule has 0 saturated carbocycles. The summed E-state index contributed by atoms with van der Waals surface area (Å²) in [6, 6.07) is 8.25. The number of rotatable bonds is 7. The van der Waals surface area contributed by atoms with Gasteiger partial charge in [0.25, 0.3) is 0 Å². The summed E-state index contributed by atoms with van der Waals surface area (Å²) in [5.74, 6) is 0.0155. The van der Waals surface area contributed by atoms with Gasteiger partial charge in [-0.3, -0.25) is 4.79 Å². The Morgan fingerprint density at radius 2 is 2.29 bits per heavy atom. The van der Waals surface area contributed by atoms with Gasteiger partial charge in [0.15, 0.2) is 0 Å². The number of aromatic nitrogens is 3. The van der Waals surface area contributed by atoms with E-state index in [2.05, 4.69) is 34.3 Å². The molecule has 3 aromatic rings. The van der Waals surface area contributed by atoms with Gasteiger partial charge in [0.2, 0.25) is 5.91 Å². The highest BCUT2D eigenvalue weighted by Gasteiger charge is 2.09. The van der Waals surface area contributed by atoms with Gasteiger partial charge in [-0.25, -0.2) is 9.97 Å². The molecule has 0 saturated heterocycles. The van der Waals surface area contributed by atoms with Crippen LogP contribution < -0.4 is 5.32 Å². The summed E-state index contributed by atoms with van der Waals surface area (Å²) in [4.78, 5) is 20.6. The minimum atomic E-state index is 0.0155. The fourth-order valence-corrected chi connectivity index (χ4v) is 3.25. The maximum atomic E-state index is 12.0. The fraction of sp³-hybridized carbons (Fsp3) is 0.278. The van der Waals surface area contributed by atoms with E-state index in [1.165, 1.54) is 5.56 Å². The van der Waals surface area contributed by atoms with Crippen LogP contribution in [0, 0.1) is 6.92 Å². The molecule has 1 amide bonds. The van der Waals surface area contributed by atoms with Crippen molar-refractivity contribution >= 4 is 17.2 Å². The zero-order chi connectivity index (χ0) is 16.8. The number of thiazole rings is 1. The molecule has 0 bridgehead atoms. The monoisotopic (exact) mass is 340 g/mol. The van der Waals surface area contributed by atoms with Gasteiger partial charge >= 0.3 is 0 Å². The average molecular weight is 340 g/mol. The number of amides is 1. The molecule has 0 atom stereocenters. The Morgan fingerprint density at radius 3 is 3.08 bits per heavy atom. The van der Waals surface area contributed by atoms with E-state index in [1.54, 1.807) is 23.9 Å². The summed E-state index contributed by atoms with van der Waals surface area (Å²) < 4.78 is 2.00. The van der Waals surface area contributed by atoms with Crippen molar-refractivity contribution < 1.29 is 4.79 Å². The summed E-state index contributed by atoms with van der Waals surface area (Å²) >= 11 is 1.58. The van der Waals surface area contributed by atoms with Crippen LogP contribution in [-0.2, 0) is 17.8 Å².